The molecule has 0 radical (unpaired) electrons. The number of urea groups is 1. The van der Waals surface area contributed by atoms with Crippen LogP contribution in [-0.4, -0.2) is 36.1 Å². The minimum absolute atomic E-state index is 0.0266. The quantitative estimate of drug-likeness (QED) is 0.640. The standard InChI is InChI=1S/C9H11N3O/c1-11-6-7-12(9(11)13)8-4-2-3-5-10-8/h2-5H,6-7H2,1H3. The van der Waals surface area contributed by atoms with Gasteiger partial charge in [0.25, 0.3) is 0 Å². The number of pyridine rings is 1. The third-order valence-electron chi connectivity index (χ3n) is 2.14. The predicted octanol–water partition coefficient (Wildman–Crippen LogP) is 0.953. The number of nitrogens with zero attached hydrogens (tertiary/aromatic N) is 3. The van der Waals surface area contributed by atoms with E-state index in [0.29, 0.717) is 0 Å². The van der Waals surface area contributed by atoms with Gasteiger partial charge in [0.05, 0.1) is 0 Å². The normalized spacial score (nSPS) is 16.8. The van der Waals surface area contributed by atoms with Crippen molar-refractivity contribution in [1.82, 2.24) is 9.88 Å². The lowest BCUT2D eigenvalue weighted by Crippen LogP contribution is -2.29. The van der Waals surface area contributed by atoms with E-state index >= 15 is 0 Å². The van der Waals surface area contributed by atoms with Gasteiger partial charge >= 0.3 is 6.03 Å². The Bertz CT molecular complexity index is 312. The van der Waals surface area contributed by atoms with Crippen LogP contribution in [0.25, 0.3) is 0 Å². The number of carbonyl (C=O) groups excluding carboxylic acids is 1. The molecule has 13 heavy (non-hydrogen) atoms. The molecule has 2 amide bonds. The van der Waals surface area contributed by atoms with Crippen molar-refractivity contribution < 1.29 is 4.79 Å². The smallest absolute Gasteiger partial charge is 0.325 e. The van der Waals surface area contributed by atoms with Gasteiger partial charge < -0.3 is 4.90 Å². The molecule has 4 nitrogen and oxygen atoms in total. The van der Waals surface area contributed by atoms with E-state index in [0.717, 1.165) is 18.9 Å². The molecule has 68 valence electrons. The first-order valence-corrected chi connectivity index (χ1v) is 4.23. The average molecular weight is 177 g/mol. The largest absolute Gasteiger partial charge is 0.326 e. The molecule has 0 N–H and O–H groups in total. The molecule has 2 rings (SSSR count). The fourth-order valence-electron chi connectivity index (χ4n) is 1.37. The van der Waals surface area contributed by atoms with Crippen LogP contribution in [0.5, 0.6) is 0 Å². The van der Waals surface area contributed by atoms with Gasteiger partial charge in [-0.3, -0.25) is 4.90 Å². The van der Waals surface area contributed by atoms with Gasteiger partial charge in [0.1, 0.15) is 5.82 Å². The summed E-state index contributed by atoms with van der Waals surface area (Å²) in [5, 5.41) is 0. The van der Waals surface area contributed by atoms with Crippen LogP contribution >= 0.6 is 0 Å². The molecule has 1 aliphatic rings. The highest BCUT2D eigenvalue weighted by Gasteiger charge is 2.26. The van der Waals surface area contributed by atoms with Gasteiger partial charge in [0.2, 0.25) is 0 Å². The highest BCUT2D eigenvalue weighted by molar-refractivity contribution is 5.92. The zero-order valence-corrected chi connectivity index (χ0v) is 7.47. The number of aromatic nitrogens is 1. The summed E-state index contributed by atoms with van der Waals surface area (Å²) in [5.41, 5.74) is 0. The van der Waals surface area contributed by atoms with E-state index in [4.69, 9.17) is 0 Å². The van der Waals surface area contributed by atoms with Crippen molar-refractivity contribution in [3.05, 3.63) is 24.4 Å². The van der Waals surface area contributed by atoms with Crippen molar-refractivity contribution in [2.24, 2.45) is 0 Å². The second-order valence-corrected chi connectivity index (χ2v) is 3.04. The Labute approximate surface area is 76.8 Å². The Morgan fingerprint density at radius 2 is 2.23 bits per heavy atom. The average Bonchev–Trinajstić information content (AvgIpc) is 2.49. The molecule has 1 aliphatic heterocycles. The number of rotatable bonds is 1. The van der Waals surface area contributed by atoms with Crippen LogP contribution in [0.15, 0.2) is 24.4 Å². The van der Waals surface area contributed by atoms with Crippen LogP contribution < -0.4 is 4.90 Å². The van der Waals surface area contributed by atoms with E-state index in [9.17, 15) is 4.79 Å². The second-order valence-electron chi connectivity index (χ2n) is 3.04. The van der Waals surface area contributed by atoms with E-state index in [1.807, 2.05) is 18.2 Å². The number of hydrogen-bond acceptors (Lipinski definition) is 2. The maximum Gasteiger partial charge on any atom is 0.325 e. The topological polar surface area (TPSA) is 36.4 Å². The second kappa shape index (κ2) is 3.05. The van der Waals surface area contributed by atoms with Gasteiger partial charge in [0.15, 0.2) is 0 Å². The Morgan fingerprint density at radius 1 is 1.38 bits per heavy atom. The highest BCUT2D eigenvalue weighted by atomic mass is 16.2. The first-order valence-electron chi connectivity index (χ1n) is 4.23. The van der Waals surface area contributed by atoms with Crippen molar-refractivity contribution in [2.75, 3.05) is 25.0 Å². The summed E-state index contributed by atoms with van der Waals surface area (Å²) in [6.07, 6.45) is 1.70. The SMILES string of the molecule is CN1CCN(c2ccccn2)C1=O. The fourth-order valence-corrected chi connectivity index (χ4v) is 1.37. The molecule has 0 aromatic carbocycles. The number of hydrogen-bond donors (Lipinski definition) is 0. The maximum absolute atomic E-state index is 11.5. The van der Waals surface area contributed by atoms with Crippen LogP contribution in [0, 0.1) is 0 Å². The van der Waals surface area contributed by atoms with E-state index < -0.39 is 0 Å². The van der Waals surface area contributed by atoms with Gasteiger partial charge in [-0.25, -0.2) is 9.78 Å². The zero-order valence-electron chi connectivity index (χ0n) is 7.47. The van der Waals surface area contributed by atoms with E-state index in [2.05, 4.69) is 4.98 Å². The highest BCUT2D eigenvalue weighted by Crippen LogP contribution is 2.15. The number of likely N-dealkylation sites (N-methyl/N-ethyl adjacent to an activating group) is 1. The van der Waals surface area contributed by atoms with Crippen molar-refractivity contribution in [1.29, 1.82) is 0 Å². The minimum atomic E-state index is 0.0266. The van der Waals surface area contributed by atoms with Gasteiger partial charge in [-0.15, -0.1) is 0 Å². The summed E-state index contributed by atoms with van der Waals surface area (Å²) in [6.45, 7) is 1.50. The molecule has 0 aliphatic carbocycles. The third kappa shape index (κ3) is 1.35. The lowest BCUT2D eigenvalue weighted by atomic mass is 10.4. The van der Waals surface area contributed by atoms with Gasteiger partial charge in [-0.2, -0.15) is 0 Å². The lowest BCUT2D eigenvalue weighted by Gasteiger charge is -2.13. The number of carbonyl (C=O) groups is 1. The Morgan fingerprint density at radius 3 is 2.77 bits per heavy atom. The monoisotopic (exact) mass is 177 g/mol. The van der Waals surface area contributed by atoms with E-state index in [-0.39, 0.29) is 6.03 Å². The van der Waals surface area contributed by atoms with Crippen LogP contribution in [0.4, 0.5) is 10.6 Å². The Hall–Kier alpha value is -1.58. The molecule has 0 unspecified atom stereocenters. The maximum atomic E-state index is 11.5. The molecule has 1 aromatic heterocycles. The van der Waals surface area contributed by atoms with Gasteiger partial charge in [-0.1, -0.05) is 6.07 Å². The summed E-state index contributed by atoms with van der Waals surface area (Å²) in [4.78, 5) is 19.0. The molecule has 1 saturated heterocycles. The fraction of sp³-hybridized carbons (Fsp3) is 0.333. The Kier molecular flexibility index (Phi) is 1.88. The molecule has 0 saturated carbocycles. The molecule has 1 aromatic rings. The third-order valence-corrected chi connectivity index (χ3v) is 2.14. The lowest BCUT2D eigenvalue weighted by molar-refractivity contribution is 0.229. The molecule has 0 spiro atoms. The van der Waals surface area contributed by atoms with Crippen molar-refractivity contribution >= 4 is 11.8 Å². The summed E-state index contributed by atoms with van der Waals surface area (Å²) >= 11 is 0. The van der Waals surface area contributed by atoms with Gasteiger partial charge in [-0.05, 0) is 12.1 Å². The molecule has 2 heterocycles. The Balaban J connectivity index is 2.24. The number of amides is 2. The number of anilines is 1. The zero-order chi connectivity index (χ0) is 9.26. The summed E-state index contributed by atoms with van der Waals surface area (Å²) < 4.78 is 0. The molecule has 0 bridgehead atoms. The summed E-state index contributed by atoms with van der Waals surface area (Å²) in [6, 6.07) is 5.59. The van der Waals surface area contributed by atoms with Crippen LogP contribution in [0.3, 0.4) is 0 Å². The summed E-state index contributed by atoms with van der Waals surface area (Å²) in [7, 11) is 1.80. The molecular formula is C9H11N3O. The molecule has 1 fully saturated rings. The van der Waals surface area contributed by atoms with Crippen LogP contribution in [0.1, 0.15) is 0 Å². The minimum Gasteiger partial charge on any atom is -0.326 e. The van der Waals surface area contributed by atoms with Crippen molar-refractivity contribution in [2.45, 2.75) is 0 Å². The predicted molar refractivity (Wildman–Crippen MR) is 49.6 cm³/mol. The van der Waals surface area contributed by atoms with Crippen LogP contribution in [0.2, 0.25) is 0 Å². The van der Waals surface area contributed by atoms with E-state index in [1.165, 1.54) is 0 Å². The summed E-state index contributed by atoms with van der Waals surface area (Å²) in [5.74, 6) is 0.733. The van der Waals surface area contributed by atoms with E-state index in [1.54, 1.807) is 23.0 Å². The molecular weight excluding hydrogens is 166 g/mol. The molecule has 0 atom stereocenters. The van der Waals surface area contributed by atoms with Gasteiger partial charge in [0, 0.05) is 26.3 Å². The first-order chi connectivity index (χ1) is 6.29. The van der Waals surface area contributed by atoms with Crippen molar-refractivity contribution in [3.8, 4) is 0 Å². The first kappa shape index (κ1) is 8.04. The van der Waals surface area contributed by atoms with Crippen molar-refractivity contribution in [3.63, 3.8) is 0 Å². The molecule has 4 heteroatoms. The van der Waals surface area contributed by atoms with Crippen LogP contribution in [-0.2, 0) is 0 Å².